The molecule has 0 radical (unpaired) electrons. The van der Waals surface area contributed by atoms with Crippen molar-refractivity contribution in [2.45, 2.75) is 13.5 Å². The molecule has 0 spiro atoms. The number of carbonyl (C=O) groups is 1. The molecule has 0 saturated heterocycles. The number of rotatable bonds is 8. The number of hydrazone groups is 1. The number of hydrogen-bond acceptors (Lipinski definition) is 4. The van der Waals surface area contributed by atoms with Gasteiger partial charge in [-0.25, -0.2) is 9.82 Å². The highest BCUT2D eigenvalue weighted by Crippen LogP contribution is 2.14. The fourth-order valence-electron chi connectivity index (χ4n) is 2.50. The topological polar surface area (TPSA) is 59.9 Å². The minimum absolute atomic E-state index is 0.271. The van der Waals surface area contributed by atoms with Gasteiger partial charge in [-0.05, 0) is 78.7 Å². The lowest BCUT2D eigenvalue weighted by Gasteiger charge is -2.06. The molecule has 0 aliphatic rings. The van der Waals surface area contributed by atoms with Gasteiger partial charge >= 0.3 is 0 Å². The van der Waals surface area contributed by atoms with E-state index in [1.54, 1.807) is 54.7 Å². The van der Waals surface area contributed by atoms with Gasteiger partial charge in [-0.15, -0.1) is 0 Å². The Morgan fingerprint density at radius 2 is 1.55 bits per heavy atom. The Balaban J connectivity index is 1.49. The molecule has 148 valence electrons. The van der Waals surface area contributed by atoms with Crippen LogP contribution in [0.5, 0.6) is 11.5 Å². The average molecular weight is 392 g/mol. The van der Waals surface area contributed by atoms with Crippen molar-refractivity contribution in [1.29, 1.82) is 0 Å². The van der Waals surface area contributed by atoms with Gasteiger partial charge in [0.25, 0.3) is 5.91 Å². The van der Waals surface area contributed by atoms with E-state index in [9.17, 15) is 9.18 Å². The summed E-state index contributed by atoms with van der Waals surface area (Å²) in [5.74, 6) is 0.828. The SMILES string of the molecule is CCOc1ccc(C(=O)N/N=C/c2ccc(OCc3ccc(F)cc3)cc2)cc1. The summed E-state index contributed by atoms with van der Waals surface area (Å²) in [5.41, 5.74) is 4.68. The summed E-state index contributed by atoms with van der Waals surface area (Å²) in [6.07, 6.45) is 1.55. The van der Waals surface area contributed by atoms with Crippen molar-refractivity contribution in [3.63, 3.8) is 0 Å². The fraction of sp³-hybridized carbons (Fsp3) is 0.130. The molecule has 29 heavy (non-hydrogen) atoms. The number of hydrogen-bond donors (Lipinski definition) is 1. The van der Waals surface area contributed by atoms with Crippen LogP contribution in [-0.2, 0) is 6.61 Å². The van der Waals surface area contributed by atoms with Gasteiger partial charge in [0, 0.05) is 5.56 Å². The predicted octanol–water partition coefficient (Wildman–Crippen LogP) is 4.57. The highest BCUT2D eigenvalue weighted by molar-refractivity contribution is 5.95. The maximum absolute atomic E-state index is 12.9. The molecule has 0 aliphatic heterocycles. The zero-order valence-corrected chi connectivity index (χ0v) is 16.0. The molecular formula is C23H21FN2O3. The van der Waals surface area contributed by atoms with Crippen LogP contribution in [0.4, 0.5) is 4.39 Å². The van der Waals surface area contributed by atoms with Crippen LogP contribution in [0.3, 0.4) is 0 Å². The molecule has 3 rings (SSSR count). The molecule has 0 bridgehead atoms. The summed E-state index contributed by atoms with van der Waals surface area (Å²) in [4.78, 5) is 12.1. The predicted molar refractivity (Wildman–Crippen MR) is 110 cm³/mol. The lowest BCUT2D eigenvalue weighted by Crippen LogP contribution is -2.17. The van der Waals surface area contributed by atoms with Gasteiger partial charge < -0.3 is 9.47 Å². The normalized spacial score (nSPS) is 10.7. The van der Waals surface area contributed by atoms with Crippen LogP contribution >= 0.6 is 0 Å². The van der Waals surface area contributed by atoms with Crippen molar-refractivity contribution in [2.24, 2.45) is 5.10 Å². The molecule has 0 aromatic heterocycles. The smallest absolute Gasteiger partial charge is 0.271 e. The molecule has 3 aromatic rings. The number of carbonyl (C=O) groups excluding carboxylic acids is 1. The third-order valence-electron chi connectivity index (χ3n) is 4.01. The van der Waals surface area contributed by atoms with Gasteiger partial charge in [0.2, 0.25) is 0 Å². The highest BCUT2D eigenvalue weighted by Gasteiger charge is 2.04. The molecule has 0 heterocycles. The monoisotopic (exact) mass is 392 g/mol. The molecule has 0 atom stereocenters. The van der Waals surface area contributed by atoms with Crippen LogP contribution in [0, 0.1) is 5.82 Å². The molecule has 0 unspecified atom stereocenters. The number of amides is 1. The number of nitrogens with one attached hydrogen (secondary N) is 1. The van der Waals surface area contributed by atoms with E-state index in [1.807, 2.05) is 19.1 Å². The second-order valence-corrected chi connectivity index (χ2v) is 6.14. The Hall–Kier alpha value is -3.67. The summed E-state index contributed by atoms with van der Waals surface area (Å²) in [5, 5.41) is 3.98. The van der Waals surface area contributed by atoms with E-state index < -0.39 is 0 Å². The zero-order chi connectivity index (χ0) is 20.5. The quantitative estimate of drug-likeness (QED) is 0.451. The average Bonchev–Trinajstić information content (AvgIpc) is 2.75. The van der Waals surface area contributed by atoms with Gasteiger partial charge in [-0.3, -0.25) is 4.79 Å². The van der Waals surface area contributed by atoms with E-state index >= 15 is 0 Å². The maximum Gasteiger partial charge on any atom is 0.271 e. The van der Waals surface area contributed by atoms with Crippen LogP contribution in [0.2, 0.25) is 0 Å². The largest absolute Gasteiger partial charge is 0.494 e. The standard InChI is InChI=1S/C23H21FN2O3/c1-2-28-21-13-7-19(8-14-21)23(27)26-25-15-17-5-11-22(12-6-17)29-16-18-3-9-20(24)10-4-18/h3-15H,2,16H2,1H3,(H,26,27)/b25-15+. The summed E-state index contributed by atoms with van der Waals surface area (Å²) >= 11 is 0. The number of benzene rings is 3. The van der Waals surface area contributed by atoms with Crippen molar-refractivity contribution in [2.75, 3.05) is 6.61 Å². The van der Waals surface area contributed by atoms with E-state index in [1.165, 1.54) is 12.1 Å². The summed E-state index contributed by atoms with van der Waals surface area (Å²) in [6.45, 7) is 2.83. The molecule has 1 amide bonds. The minimum atomic E-state index is -0.302. The first kappa shape index (κ1) is 20.1. The molecule has 0 fully saturated rings. The molecule has 0 aliphatic carbocycles. The fourth-order valence-corrected chi connectivity index (χ4v) is 2.50. The lowest BCUT2D eigenvalue weighted by molar-refractivity contribution is 0.0955. The Bertz CT molecular complexity index is 953. The van der Waals surface area contributed by atoms with E-state index in [0.29, 0.717) is 30.3 Å². The van der Waals surface area contributed by atoms with Crippen LogP contribution < -0.4 is 14.9 Å². The molecule has 0 saturated carbocycles. The Labute approximate surface area is 168 Å². The van der Waals surface area contributed by atoms with E-state index in [2.05, 4.69) is 10.5 Å². The van der Waals surface area contributed by atoms with Crippen LogP contribution in [0.1, 0.15) is 28.4 Å². The third kappa shape index (κ3) is 6.17. The molecule has 1 N–H and O–H groups in total. The molecular weight excluding hydrogens is 371 g/mol. The summed E-state index contributed by atoms with van der Waals surface area (Å²) in [6, 6.07) is 20.3. The zero-order valence-electron chi connectivity index (χ0n) is 16.0. The number of nitrogens with zero attached hydrogens (tertiary/aromatic N) is 1. The first-order valence-corrected chi connectivity index (χ1v) is 9.17. The van der Waals surface area contributed by atoms with Gasteiger partial charge in [-0.1, -0.05) is 12.1 Å². The van der Waals surface area contributed by atoms with Gasteiger partial charge in [0.1, 0.15) is 23.9 Å². The van der Waals surface area contributed by atoms with Gasteiger partial charge in [0.15, 0.2) is 0 Å². The lowest BCUT2D eigenvalue weighted by atomic mass is 10.2. The highest BCUT2D eigenvalue weighted by atomic mass is 19.1. The number of ether oxygens (including phenoxy) is 2. The Morgan fingerprint density at radius 3 is 2.21 bits per heavy atom. The van der Waals surface area contributed by atoms with Crippen LogP contribution in [0.15, 0.2) is 77.9 Å². The first-order chi connectivity index (χ1) is 14.1. The van der Waals surface area contributed by atoms with Crippen molar-refractivity contribution in [1.82, 2.24) is 5.43 Å². The minimum Gasteiger partial charge on any atom is -0.494 e. The van der Waals surface area contributed by atoms with Crippen molar-refractivity contribution < 1.29 is 18.7 Å². The van der Waals surface area contributed by atoms with Crippen LogP contribution in [-0.4, -0.2) is 18.7 Å². The Kier molecular flexibility index (Phi) is 6.95. The van der Waals surface area contributed by atoms with E-state index in [4.69, 9.17) is 9.47 Å². The Morgan fingerprint density at radius 1 is 0.931 bits per heavy atom. The maximum atomic E-state index is 12.9. The first-order valence-electron chi connectivity index (χ1n) is 9.17. The summed E-state index contributed by atoms with van der Waals surface area (Å²) in [7, 11) is 0. The second-order valence-electron chi connectivity index (χ2n) is 6.14. The molecule has 3 aromatic carbocycles. The van der Waals surface area contributed by atoms with E-state index in [-0.39, 0.29) is 11.7 Å². The summed E-state index contributed by atoms with van der Waals surface area (Å²) < 4.78 is 23.9. The van der Waals surface area contributed by atoms with Crippen LogP contribution in [0.25, 0.3) is 0 Å². The second kappa shape index (κ2) is 10.0. The molecule has 5 nitrogen and oxygen atoms in total. The molecule has 6 heteroatoms. The number of halogens is 1. The van der Waals surface area contributed by atoms with Gasteiger partial charge in [0.05, 0.1) is 12.8 Å². The third-order valence-corrected chi connectivity index (χ3v) is 4.01. The van der Waals surface area contributed by atoms with Gasteiger partial charge in [-0.2, -0.15) is 5.10 Å². The van der Waals surface area contributed by atoms with E-state index in [0.717, 1.165) is 11.1 Å². The van der Waals surface area contributed by atoms with Crippen molar-refractivity contribution >= 4 is 12.1 Å². The van der Waals surface area contributed by atoms with Crippen molar-refractivity contribution in [3.8, 4) is 11.5 Å². The van der Waals surface area contributed by atoms with Crippen molar-refractivity contribution in [3.05, 3.63) is 95.3 Å².